The fourth-order valence-corrected chi connectivity index (χ4v) is 2.99. The van der Waals surface area contributed by atoms with Gasteiger partial charge in [-0.3, -0.25) is 14.4 Å². The molecule has 1 N–H and O–H groups in total. The van der Waals surface area contributed by atoms with Crippen LogP contribution in [0.2, 0.25) is 0 Å². The molecule has 2 aromatic rings. The maximum Gasteiger partial charge on any atom is 0.308 e. The molecule has 0 saturated carbocycles. The van der Waals surface area contributed by atoms with Gasteiger partial charge in [-0.2, -0.15) is 0 Å². The second kappa shape index (κ2) is 9.03. The molecule has 1 aliphatic rings. The van der Waals surface area contributed by atoms with Gasteiger partial charge in [0.2, 0.25) is 11.8 Å². The highest BCUT2D eigenvalue weighted by atomic mass is 16.5. The predicted octanol–water partition coefficient (Wildman–Crippen LogP) is 1.66. The van der Waals surface area contributed by atoms with Gasteiger partial charge in [-0.05, 0) is 23.3 Å². The lowest BCUT2D eigenvalue weighted by Crippen LogP contribution is -2.58. The number of esters is 1. The predicted molar refractivity (Wildman–Crippen MR) is 101 cm³/mol. The number of ether oxygens (including phenoxy) is 2. The van der Waals surface area contributed by atoms with E-state index in [2.05, 4.69) is 10.1 Å². The monoisotopic (exact) mass is 382 g/mol. The van der Waals surface area contributed by atoms with E-state index in [1.807, 2.05) is 54.6 Å². The van der Waals surface area contributed by atoms with E-state index in [1.165, 1.54) is 12.0 Å². The summed E-state index contributed by atoms with van der Waals surface area (Å²) in [6.07, 6.45) is -0.183. The van der Waals surface area contributed by atoms with Gasteiger partial charge in [0.1, 0.15) is 18.4 Å². The third-order valence-electron chi connectivity index (χ3n) is 4.40. The number of hydrogen-bond acceptors (Lipinski definition) is 5. The molecule has 3 rings (SSSR count). The summed E-state index contributed by atoms with van der Waals surface area (Å²) >= 11 is 0. The summed E-state index contributed by atoms with van der Waals surface area (Å²) in [7, 11) is 1.25. The molecular weight excluding hydrogens is 360 g/mol. The Labute approximate surface area is 163 Å². The summed E-state index contributed by atoms with van der Waals surface area (Å²) < 4.78 is 10.4. The lowest BCUT2D eigenvalue weighted by Gasteiger charge is -2.32. The first-order chi connectivity index (χ1) is 13.5. The van der Waals surface area contributed by atoms with Crippen molar-refractivity contribution in [3.05, 3.63) is 65.7 Å². The van der Waals surface area contributed by atoms with E-state index in [-0.39, 0.29) is 31.3 Å². The number of methoxy groups -OCH3 is 1. The van der Waals surface area contributed by atoms with Gasteiger partial charge in [-0.25, -0.2) is 0 Å². The van der Waals surface area contributed by atoms with Gasteiger partial charge in [0.15, 0.2) is 0 Å². The Morgan fingerprint density at radius 1 is 1.11 bits per heavy atom. The second-order valence-electron chi connectivity index (χ2n) is 6.52. The average molecular weight is 382 g/mol. The molecule has 0 bridgehead atoms. The molecule has 146 valence electrons. The number of rotatable bonds is 7. The summed E-state index contributed by atoms with van der Waals surface area (Å²) in [6.45, 7) is 0.647. The number of benzene rings is 2. The largest absolute Gasteiger partial charge is 0.489 e. The van der Waals surface area contributed by atoms with Crippen molar-refractivity contribution < 1.29 is 23.9 Å². The number of nitrogens with one attached hydrogen (secondary N) is 1. The van der Waals surface area contributed by atoms with Crippen molar-refractivity contribution in [2.45, 2.75) is 25.6 Å². The minimum absolute atomic E-state index is 0.0500. The van der Waals surface area contributed by atoms with Crippen molar-refractivity contribution in [1.29, 1.82) is 0 Å². The normalized spacial score (nSPS) is 16.5. The standard InChI is InChI=1S/C21H22N2O5/c1-27-20(25)11-18-21(26)23(13-19(24)22-18)12-16-8-5-9-17(10-16)28-14-15-6-3-2-4-7-15/h2-10,18H,11-14H2,1H3,(H,22,24). The van der Waals surface area contributed by atoms with Crippen LogP contribution >= 0.6 is 0 Å². The first-order valence-electron chi connectivity index (χ1n) is 8.96. The Morgan fingerprint density at radius 2 is 1.86 bits per heavy atom. The third-order valence-corrected chi connectivity index (χ3v) is 4.40. The van der Waals surface area contributed by atoms with E-state index in [4.69, 9.17) is 4.74 Å². The van der Waals surface area contributed by atoms with Crippen LogP contribution in [0.1, 0.15) is 17.5 Å². The molecule has 0 aromatic heterocycles. The van der Waals surface area contributed by atoms with Crippen LogP contribution in [0.15, 0.2) is 54.6 Å². The van der Waals surface area contributed by atoms with E-state index in [0.717, 1.165) is 11.1 Å². The van der Waals surface area contributed by atoms with Crippen LogP contribution in [0.5, 0.6) is 5.75 Å². The molecular formula is C21H22N2O5. The highest BCUT2D eigenvalue weighted by Gasteiger charge is 2.34. The van der Waals surface area contributed by atoms with E-state index in [1.54, 1.807) is 0 Å². The molecule has 0 spiro atoms. The van der Waals surface area contributed by atoms with Gasteiger partial charge in [0, 0.05) is 6.54 Å². The number of carbonyl (C=O) groups excluding carboxylic acids is 3. The zero-order valence-corrected chi connectivity index (χ0v) is 15.6. The number of piperazine rings is 1. The Balaban J connectivity index is 1.64. The van der Waals surface area contributed by atoms with Crippen LogP contribution in [0.3, 0.4) is 0 Å². The van der Waals surface area contributed by atoms with Crippen molar-refractivity contribution in [2.24, 2.45) is 0 Å². The van der Waals surface area contributed by atoms with Crippen LogP contribution in [0.4, 0.5) is 0 Å². The maximum atomic E-state index is 12.6. The molecule has 1 fully saturated rings. The fraction of sp³-hybridized carbons (Fsp3) is 0.286. The quantitative estimate of drug-likeness (QED) is 0.736. The lowest BCUT2D eigenvalue weighted by molar-refractivity contribution is -0.150. The topological polar surface area (TPSA) is 84.9 Å². The van der Waals surface area contributed by atoms with Crippen LogP contribution < -0.4 is 10.1 Å². The minimum Gasteiger partial charge on any atom is -0.489 e. The zero-order valence-electron chi connectivity index (χ0n) is 15.6. The fourth-order valence-electron chi connectivity index (χ4n) is 2.99. The molecule has 2 amide bonds. The van der Waals surface area contributed by atoms with Crippen LogP contribution in [-0.2, 0) is 32.3 Å². The summed E-state index contributed by atoms with van der Waals surface area (Å²) in [5, 5.41) is 2.54. The number of hydrogen-bond donors (Lipinski definition) is 1. The van der Waals surface area contributed by atoms with E-state index < -0.39 is 12.0 Å². The van der Waals surface area contributed by atoms with E-state index in [9.17, 15) is 14.4 Å². The van der Waals surface area contributed by atoms with Gasteiger partial charge in [0.25, 0.3) is 0 Å². The molecule has 1 saturated heterocycles. The molecule has 1 unspecified atom stereocenters. The smallest absolute Gasteiger partial charge is 0.308 e. The van der Waals surface area contributed by atoms with Gasteiger partial charge in [-0.1, -0.05) is 42.5 Å². The van der Waals surface area contributed by atoms with Crippen molar-refractivity contribution >= 4 is 17.8 Å². The van der Waals surface area contributed by atoms with Crippen LogP contribution in [-0.4, -0.2) is 42.4 Å². The summed E-state index contributed by atoms with van der Waals surface area (Å²) in [5.74, 6) is -0.469. The molecule has 0 aliphatic carbocycles. The minimum atomic E-state index is -0.897. The Kier molecular flexibility index (Phi) is 6.26. The Bertz CT molecular complexity index is 853. The van der Waals surface area contributed by atoms with Crippen molar-refractivity contribution in [3.63, 3.8) is 0 Å². The molecule has 7 heteroatoms. The molecule has 28 heavy (non-hydrogen) atoms. The first kappa shape index (κ1) is 19.4. The van der Waals surface area contributed by atoms with Crippen molar-refractivity contribution in [2.75, 3.05) is 13.7 Å². The van der Waals surface area contributed by atoms with Gasteiger partial charge in [0.05, 0.1) is 20.1 Å². The summed E-state index contributed by atoms with van der Waals surface area (Å²) in [4.78, 5) is 37.4. The van der Waals surface area contributed by atoms with E-state index >= 15 is 0 Å². The van der Waals surface area contributed by atoms with Crippen LogP contribution in [0.25, 0.3) is 0 Å². The number of nitrogens with zero attached hydrogens (tertiary/aromatic N) is 1. The lowest BCUT2D eigenvalue weighted by atomic mass is 10.1. The molecule has 2 aromatic carbocycles. The highest BCUT2D eigenvalue weighted by molar-refractivity contribution is 5.96. The van der Waals surface area contributed by atoms with Gasteiger partial charge < -0.3 is 19.7 Å². The molecule has 1 aliphatic heterocycles. The van der Waals surface area contributed by atoms with Gasteiger partial charge in [-0.15, -0.1) is 0 Å². The number of amides is 2. The van der Waals surface area contributed by atoms with E-state index in [0.29, 0.717) is 12.4 Å². The Hall–Kier alpha value is -3.35. The zero-order chi connectivity index (χ0) is 19.9. The third kappa shape index (κ3) is 5.09. The van der Waals surface area contributed by atoms with Crippen molar-refractivity contribution in [1.82, 2.24) is 10.2 Å². The average Bonchev–Trinajstić information content (AvgIpc) is 2.71. The second-order valence-corrected chi connectivity index (χ2v) is 6.52. The molecule has 0 radical (unpaired) electrons. The van der Waals surface area contributed by atoms with Crippen LogP contribution in [0, 0.1) is 0 Å². The summed E-state index contributed by atoms with van der Waals surface area (Å²) in [5.41, 5.74) is 1.90. The SMILES string of the molecule is COC(=O)CC1NC(=O)CN(Cc2cccc(OCc3ccccc3)c2)C1=O. The molecule has 1 heterocycles. The highest BCUT2D eigenvalue weighted by Crippen LogP contribution is 2.18. The van der Waals surface area contributed by atoms with Gasteiger partial charge >= 0.3 is 5.97 Å². The molecule has 1 atom stereocenters. The molecule has 7 nitrogen and oxygen atoms in total. The number of carbonyl (C=O) groups is 3. The van der Waals surface area contributed by atoms with Crippen molar-refractivity contribution in [3.8, 4) is 5.75 Å². The maximum absolute atomic E-state index is 12.6. The summed E-state index contributed by atoms with van der Waals surface area (Å²) in [6, 6.07) is 16.3. The Morgan fingerprint density at radius 3 is 2.61 bits per heavy atom. The first-order valence-corrected chi connectivity index (χ1v) is 8.96.